The van der Waals surface area contributed by atoms with E-state index in [-0.39, 0.29) is 62.8 Å². The Bertz CT molecular complexity index is 48.2. The van der Waals surface area contributed by atoms with Crippen LogP contribution in [-0.2, 0) is 4.79 Å². The number of rotatable bonds is 0. The van der Waals surface area contributed by atoms with Crippen LogP contribution in [0.2, 0.25) is 0 Å². The molecule has 0 aromatic rings. The van der Waals surface area contributed by atoms with Crippen LogP contribution in [0, 0.1) is 0 Å². The van der Waals surface area contributed by atoms with Crippen LogP contribution < -0.4 is 56.7 Å². The van der Waals surface area contributed by atoms with E-state index in [2.05, 4.69) is 5.32 Å². The number of hydrogen-bond acceptors (Lipinski definition) is 2. The normalized spacial score (nSPS) is 4.86. The molecule has 0 aliphatic heterocycles. The molecular weight excluding hydrogens is 121 g/mol. The molecule has 0 bridgehead atoms. The molecule has 0 saturated carbocycles. The summed E-state index contributed by atoms with van der Waals surface area (Å²) in [6, 6.07) is 0. The first kappa shape index (κ1) is 15.7. The quantitative estimate of drug-likeness (QED) is 0.346. The van der Waals surface area contributed by atoms with Gasteiger partial charge in [0, 0.05) is 14.0 Å². The number of amides is 1. The third-order valence-electron chi connectivity index (χ3n) is 0.352. The molecule has 0 saturated heterocycles. The zero-order chi connectivity index (χ0) is 4.28. The maximum absolute atomic E-state index is 9.70. The first-order valence-electron chi connectivity index (χ1n) is 1.45. The van der Waals surface area contributed by atoms with E-state index in [9.17, 15) is 4.79 Å². The average molecular weight is 129 g/mol. The molecule has 0 aliphatic carbocycles. The minimum atomic E-state index is 0. The topological polar surface area (TPSA) is 59.1 Å². The molecule has 4 heteroatoms. The molecule has 38 valence electrons. The van der Waals surface area contributed by atoms with E-state index in [0.29, 0.717) is 0 Å². The van der Waals surface area contributed by atoms with Gasteiger partial charge in [-0.05, 0) is 0 Å². The van der Waals surface area contributed by atoms with Crippen LogP contribution in [0.3, 0.4) is 0 Å². The summed E-state index contributed by atoms with van der Waals surface area (Å²) in [5.41, 5.74) is 0. The summed E-state index contributed by atoms with van der Waals surface area (Å²) in [4.78, 5) is 9.70. The Morgan fingerprint density at radius 3 is 1.71 bits per heavy atom. The Hall–Kier alpha value is 1.07. The molecule has 0 aromatic heterocycles. The van der Waals surface area contributed by atoms with Gasteiger partial charge in [0.25, 0.3) is 0 Å². The monoisotopic (exact) mass is 129 g/mol. The molecular formula is C3H8KNO2. The molecule has 0 unspecified atom stereocenters. The van der Waals surface area contributed by atoms with Crippen molar-refractivity contribution in [1.29, 1.82) is 0 Å². The smallest absolute Gasteiger partial charge is 0.870 e. The van der Waals surface area contributed by atoms with Gasteiger partial charge in [-0.2, -0.15) is 0 Å². The maximum atomic E-state index is 9.70. The molecule has 0 aromatic carbocycles. The Morgan fingerprint density at radius 1 is 1.57 bits per heavy atom. The second-order valence-corrected chi connectivity index (χ2v) is 0.806. The Balaban J connectivity index is -0.0000000800. The predicted octanol–water partition coefficient (Wildman–Crippen LogP) is -3.42. The SMILES string of the molecule is CNC(C)=O.[K+].[OH-]. The van der Waals surface area contributed by atoms with Crippen LogP contribution in [-0.4, -0.2) is 18.4 Å². The van der Waals surface area contributed by atoms with Crippen LogP contribution >= 0.6 is 0 Å². The zero-order valence-electron chi connectivity index (χ0n) is 4.86. The van der Waals surface area contributed by atoms with Crippen molar-refractivity contribution < 1.29 is 61.7 Å². The van der Waals surface area contributed by atoms with Crippen molar-refractivity contribution in [2.24, 2.45) is 0 Å². The van der Waals surface area contributed by atoms with Crippen LogP contribution in [0.5, 0.6) is 0 Å². The van der Waals surface area contributed by atoms with E-state index < -0.39 is 0 Å². The fourth-order valence-electron chi connectivity index (χ4n) is 0. The number of nitrogens with one attached hydrogen (secondary N) is 1. The van der Waals surface area contributed by atoms with Crippen molar-refractivity contribution in [3.05, 3.63) is 0 Å². The van der Waals surface area contributed by atoms with Gasteiger partial charge in [0.05, 0.1) is 0 Å². The largest absolute Gasteiger partial charge is 1.00 e. The van der Waals surface area contributed by atoms with E-state index in [4.69, 9.17) is 0 Å². The molecule has 0 aliphatic rings. The van der Waals surface area contributed by atoms with Gasteiger partial charge in [0.1, 0.15) is 0 Å². The second-order valence-electron chi connectivity index (χ2n) is 0.806. The Kier molecular flexibility index (Phi) is 22.7. The van der Waals surface area contributed by atoms with E-state index in [1.165, 1.54) is 6.92 Å². The summed E-state index contributed by atoms with van der Waals surface area (Å²) >= 11 is 0. The summed E-state index contributed by atoms with van der Waals surface area (Å²) < 4.78 is 0. The Morgan fingerprint density at radius 2 is 1.71 bits per heavy atom. The fourth-order valence-corrected chi connectivity index (χ4v) is 0. The van der Waals surface area contributed by atoms with Gasteiger partial charge in [-0.1, -0.05) is 0 Å². The number of carbonyl (C=O) groups is 1. The van der Waals surface area contributed by atoms with Crippen molar-refractivity contribution in [2.75, 3.05) is 7.05 Å². The van der Waals surface area contributed by atoms with Crippen LogP contribution in [0.4, 0.5) is 0 Å². The van der Waals surface area contributed by atoms with Crippen LogP contribution in [0.15, 0.2) is 0 Å². The van der Waals surface area contributed by atoms with Gasteiger partial charge in [-0.3, -0.25) is 4.79 Å². The molecule has 7 heavy (non-hydrogen) atoms. The molecule has 0 rings (SSSR count). The molecule has 2 N–H and O–H groups in total. The van der Waals surface area contributed by atoms with Crippen LogP contribution in [0.1, 0.15) is 6.92 Å². The number of hydrogen-bond donors (Lipinski definition) is 1. The predicted molar refractivity (Wildman–Crippen MR) is 21.7 cm³/mol. The van der Waals surface area contributed by atoms with Gasteiger partial charge in [-0.25, -0.2) is 0 Å². The minimum absolute atomic E-state index is 0. The van der Waals surface area contributed by atoms with Gasteiger partial charge in [0.15, 0.2) is 0 Å². The summed E-state index contributed by atoms with van der Waals surface area (Å²) in [5.74, 6) is 0.00463. The first-order valence-corrected chi connectivity index (χ1v) is 1.45. The molecule has 0 radical (unpaired) electrons. The molecule has 0 heterocycles. The number of carbonyl (C=O) groups excluding carboxylic acids is 1. The van der Waals surface area contributed by atoms with Crippen molar-refractivity contribution in [3.8, 4) is 0 Å². The Labute approximate surface area is 85.6 Å². The minimum Gasteiger partial charge on any atom is -0.870 e. The summed E-state index contributed by atoms with van der Waals surface area (Å²) in [7, 11) is 1.60. The summed E-state index contributed by atoms with van der Waals surface area (Å²) in [6.07, 6.45) is 0. The molecule has 0 spiro atoms. The van der Waals surface area contributed by atoms with Gasteiger partial charge < -0.3 is 10.8 Å². The third-order valence-corrected chi connectivity index (χ3v) is 0.352. The summed E-state index contributed by atoms with van der Waals surface area (Å²) in [5, 5.41) is 2.39. The van der Waals surface area contributed by atoms with E-state index in [0.717, 1.165) is 0 Å². The average Bonchev–Trinajstić information content (AvgIpc) is 1.38. The van der Waals surface area contributed by atoms with Crippen LogP contribution in [0.25, 0.3) is 0 Å². The van der Waals surface area contributed by atoms with E-state index in [1.54, 1.807) is 7.05 Å². The zero-order valence-corrected chi connectivity index (χ0v) is 7.98. The molecule has 3 nitrogen and oxygen atoms in total. The van der Waals surface area contributed by atoms with Crippen molar-refractivity contribution in [1.82, 2.24) is 5.32 Å². The van der Waals surface area contributed by atoms with Crippen molar-refractivity contribution in [2.45, 2.75) is 6.92 Å². The van der Waals surface area contributed by atoms with E-state index >= 15 is 0 Å². The van der Waals surface area contributed by atoms with Gasteiger partial charge in [0.2, 0.25) is 5.91 Å². The van der Waals surface area contributed by atoms with Gasteiger partial charge in [-0.15, -0.1) is 0 Å². The summed E-state index contributed by atoms with van der Waals surface area (Å²) in [6.45, 7) is 1.47. The standard InChI is InChI=1S/C3H7NO.K.H2O/c1-3(5)4-2;;/h1-2H3,(H,4,5);;1H2/q;+1;/p-1. The molecule has 0 atom stereocenters. The van der Waals surface area contributed by atoms with E-state index in [1.807, 2.05) is 0 Å². The molecule has 1 amide bonds. The van der Waals surface area contributed by atoms with Crippen molar-refractivity contribution >= 4 is 5.91 Å². The van der Waals surface area contributed by atoms with Crippen molar-refractivity contribution in [3.63, 3.8) is 0 Å². The maximum Gasteiger partial charge on any atom is 1.00 e. The second kappa shape index (κ2) is 10.1. The molecule has 0 fully saturated rings. The fraction of sp³-hybridized carbons (Fsp3) is 0.667. The van der Waals surface area contributed by atoms with Gasteiger partial charge >= 0.3 is 51.4 Å². The third kappa shape index (κ3) is 19.3. The first-order chi connectivity index (χ1) is 2.27.